The van der Waals surface area contributed by atoms with Crippen molar-refractivity contribution in [1.82, 2.24) is 9.97 Å². The van der Waals surface area contributed by atoms with Gasteiger partial charge in [0.25, 0.3) is 0 Å². The molecule has 0 radical (unpaired) electrons. The first-order valence-electron chi connectivity index (χ1n) is 8.63. The third-order valence-corrected chi connectivity index (χ3v) is 4.57. The van der Waals surface area contributed by atoms with Gasteiger partial charge in [-0.15, -0.1) is 0 Å². The van der Waals surface area contributed by atoms with Crippen molar-refractivity contribution in [3.8, 4) is 0 Å². The van der Waals surface area contributed by atoms with E-state index in [0.29, 0.717) is 0 Å². The Labute approximate surface area is 143 Å². The van der Waals surface area contributed by atoms with Gasteiger partial charge in [-0.05, 0) is 49.9 Å². The summed E-state index contributed by atoms with van der Waals surface area (Å²) in [7, 11) is 0. The number of aromatic nitrogens is 2. The largest absolute Gasteiger partial charge is 0.285 e. The minimum atomic E-state index is 0.237. The van der Waals surface area contributed by atoms with E-state index in [1.54, 1.807) is 0 Å². The van der Waals surface area contributed by atoms with Crippen molar-refractivity contribution in [2.75, 3.05) is 0 Å². The highest BCUT2D eigenvalue weighted by Crippen LogP contribution is 2.24. The van der Waals surface area contributed by atoms with Crippen molar-refractivity contribution >= 4 is 12.4 Å². The van der Waals surface area contributed by atoms with Crippen LogP contribution in [0.4, 0.5) is 0 Å². The summed E-state index contributed by atoms with van der Waals surface area (Å²) in [5.74, 6) is 0. The predicted molar refractivity (Wildman–Crippen MR) is 99.2 cm³/mol. The average molecular weight is 320 g/mol. The maximum Gasteiger partial charge on any atom is 0.0837 e. The first-order valence-corrected chi connectivity index (χ1v) is 8.63. The molecule has 0 spiro atoms. The van der Waals surface area contributed by atoms with Crippen LogP contribution in [0.5, 0.6) is 0 Å². The molecule has 0 N–H and O–H groups in total. The lowest BCUT2D eigenvalue weighted by molar-refractivity contribution is 0.390. The molecular weight excluding hydrogens is 296 g/mol. The maximum atomic E-state index is 4.81. The van der Waals surface area contributed by atoms with E-state index in [9.17, 15) is 0 Å². The summed E-state index contributed by atoms with van der Waals surface area (Å²) in [4.78, 5) is 18.4. The van der Waals surface area contributed by atoms with Crippen LogP contribution in [0.25, 0.3) is 0 Å². The molecule has 3 rings (SSSR count). The lowest BCUT2D eigenvalue weighted by atomic mass is 9.91. The van der Waals surface area contributed by atoms with Crippen LogP contribution in [0.1, 0.15) is 48.2 Å². The van der Waals surface area contributed by atoms with Crippen molar-refractivity contribution in [1.29, 1.82) is 0 Å². The smallest absolute Gasteiger partial charge is 0.0837 e. The molecular formula is C20H24N4. The van der Waals surface area contributed by atoms with E-state index in [1.165, 1.54) is 12.8 Å². The van der Waals surface area contributed by atoms with Crippen LogP contribution in [-0.2, 0) is 0 Å². The van der Waals surface area contributed by atoms with Crippen molar-refractivity contribution in [3.05, 3.63) is 59.2 Å². The van der Waals surface area contributed by atoms with Gasteiger partial charge in [-0.2, -0.15) is 0 Å². The Balaban J connectivity index is 1.74. The van der Waals surface area contributed by atoms with Crippen LogP contribution in [0.15, 0.2) is 46.6 Å². The van der Waals surface area contributed by atoms with Crippen molar-refractivity contribution in [2.24, 2.45) is 9.98 Å². The van der Waals surface area contributed by atoms with Gasteiger partial charge in [-0.1, -0.05) is 25.0 Å². The SMILES string of the molecule is Cc1cccnc1C=N[C@@H]1CCCC[C@H]1N=Cc1ncccc1C. The molecule has 24 heavy (non-hydrogen) atoms. The van der Waals surface area contributed by atoms with Gasteiger partial charge in [0.05, 0.1) is 23.5 Å². The molecule has 0 bridgehead atoms. The summed E-state index contributed by atoms with van der Waals surface area (Å²) in [5.41, 5.74) is 4.21. The van der Waals surface area contributed by atoms with Crippen LogP contribution in [0.2, 0.25) is 0 Å². The Hall–Kier alpha value is -2.36. The highest BCUT2D eigenvalue weighted by Gasteiger charge is 2.23. The fraction of sp³-hybridized carbons (Fsp3) is 0.400. The van der Waals surface area contributed by atoms with Gasteiger partial charge in [0.2, 0.25) is 0 Å². The molecule has 0 saturated heterocycles. The molecule has 2 atom stereocenters. The molecule has 0 amide bonds. The van der Waals surface area contributed by atoms with Gasteiger partial charge < -0.3 is 0 Å². The number of rotatable bonds is 4. The van der Waals surface area contributed by atoms with E-state index in [0.717, 1.165) is 35.4 Å². The molecule has 4 heteroatoms. The van der Waals surface area contributed by atoms with E-state index in [4.69, 9.17) is 9.98 Å². The van der Waals surface area contributed by atoms with Gasteiger partial charge in [-0.3, -0.25) is 20.0 Å². The van der Waals surface area contributed by atoms with Gasteiger partial charge in [0.1, 0.15) is 0 Å². The van der Waals surface area contributed by atoms with Gasteiger partial charge >= 0.3 is 0 Å². The summed E-state index contributed by atoms with van der Waals surface area (Å²) in [6.45, 7) is 4.13. The zero-order valence-electron chi connectivity index (χ0n) is 14.4. The number of pyridine rings is 2. The summed E-state index contributed by atoms with van der Waals surface area (Å²) in [6.07, 6.45) is 12.1. The molecule has 2 aromatic rings. The van der Waals surface area contributed by atoms with Gasteiger partial charge in [0, 0.05) is 24.8 Å². The van der Waals surface area contributed by atoms with Crippen LogP contribution < -0.4 is 0 Å². The quantitative estimate of drug-likeness (QED) is 0.801. The Bertz CT molecular complexity index is 672. The van der Waals surface area contributed by atoms with Crippen LogP contribution >= 0.6 is 0 Å². The van der Waals surface area contributed by atoms with Crippen LogP contribution in [0.3, 0.4) is 0 Å². The van der Waals surface area contributed by atoms with E-state index >= 15 is 0 Å². The van der Waals surface area contributed by atoms with E-state index in [2.05, 4.69) is 35.9 Å². The molecule has 1 aliphatic rings. The highest BCUT2D eigenvalue weighted by molar-refractivity contribution is 5.80. The summed E-state index contributed by atoms with van der Waals surface area (Å²) < 4.78 is 0. The third-order valence-electron chi connectivity index (χ3n) is 4.57. The van der Waals surface area contributed by atoms with E-state index in [1.807, 2.05) is 37.0 Å². The van der Waals surface area contributed by atoms with Crippen molar-refractivity contribution in [3.63, 3.8) is 0 Å². The first kappa shape index (κ1) is 16.5. The monoisotopic (exact) mass is 320 g/mol. The fourth-order valence-corrected chi connectivity index (χ4v) is 3.04. The fourth-order valence-electron chi connectivity index (χ4n) is 3.04. The molecule has 1 fully saturated rings. The van der Waals surface area contributed by atoms with Crippen molar-refractivity contribution < 1.29 is 0 Å². The predicted octanol–water partition coefficient (Wildman–Crippen LogP) is 3.94. The molecule has 1 saturated carbocycles. The lowest BCUT2D eigenvalue weighted by Crippen LogP contribution is -2.27. The topological polar surface area (TPSA) is 50.5 Å². The minimum absolute atomic E-state index is 0.237. The number of aliphatic imine (C=N–C) groups is 2. The summed E-state index contributed by atoms with van der Waals surface area (Å²) in [5, 5.41) is 0. The van der Waals surface area contributed by atoms with Gasteiger partial charge in [0.15, 0.2) is 0 Å². The zero-order chi connectivity index (χ0) is 16.8. The zero-order valence-corrected chi connectivity index (χ0v) is 14.4. The van der Waals surface area contributed by atoms with Crippen molar-refractivity contribution in [2.45, 2.75) is 51.6 Å². The normalized spacial score (nSPS) is 21.6. The second kappa shape index (κ2) is 7.95. The molecule has 2 heterocycles. The number of nitrogens with zero attached hydrogens (tertiary/aromatic N) is 4. The van der Waals surface area contributed by atoms with Crippen LogP contribution in [0, 0.1) is 13.8 Å². The maximum absolute atomic E-state index is 4.81. The summed E-state index contributed by atoms with van der Waals surface area (Å²) >= 11 is 0. The Kier molecular flexibility index (Phi) is 5.47. The lowest BCUT2D eigenvalue weighted by Gasteiger charge is -2.25. The number of aryl methyl sites for hydroxylation is 2. The molecule has 0 unspecified atom stereocenters. The molecule has 124 valence electrons. The Morgan fingerprint density at radius 2 is 1.29 bits per heavy atom. The summed E-state index contributed by atoms with van der Waals surface area (Å²) in [6, 6.07) is 8.51. The molecule has 0 aliphatic heterocycles. The molecule has 4 nitrogen and oxygen atoms in total. The second-order valence-corrected chi connectivity index (χ2v) is 6.39. The highest BCUT2D eigenvalue weighted by atomic mass is 14.9. The van der Waals surface area contributed by atoms with E-state index < -0.39 is 0 Å². The minimum Gasteiger partial charge on any atom is -0.285 e. The van der Waals surface area contributed by atoms with Crippen LogP contribution in [-0.4, -0.2) is 34.5 Å². The average Bonchev–Trinajstić information content (AvgIpc) is 2.61. The Morgan fingerprint density at radius 1 is 0.833 bits per heavy atom. The molecule has 0 aromatic carbocycles. The van der Waals surface area contributed by atoms with Gasteiger partial charge in [-0.25, -0.2) is 0 Å². The molecule has 2 aromatic heterocycles. The number of hydrogen-bond acceptors (Lipinski definition) is 4. The Morgan fingerprint density at radius 3 is 1.71 bits per heavy atom. The standard InChI is InChI=1S/C20H24N4/c1-15-7-5-11-21-19(15)13-23-17-9-3-4-10-18(17)24-14-20-16(2)8-6-12-22-20/h5-8,11-14,17-18H,3-4,9-10H2,1-2H3/t17-,18-/m1/s1. The van der Waals surface area contributed by atoms with E-state index in [-0.39, 0.29) is 12.1 Å². The third kappa shape index (κ3) is 4.13. The first-order chi connectivity index (χ1) is 11.7. The number of hydrogen-bond donors (Lipinski definition) is 0. The molecule has 1 aliphatic carbocycles. The second-order valence-electron chi connectivity index (χ2n) is 6.39.